The molecular weight excluding hydrogens is 406 g/mol. The zero-order valence-electron chi connectivity index (χ0n) is 9.37. The molecule has 0 aromatic rings. The Morgan fingerprint density at radius 2 is 0.933 bits per heavy atom. The summed E-state index contributed by atoms with van der Waals surface area (Å²) < 4.78 is 0. The van der Waals surface area contributed by atoms with Gasteiger partial charge in [0.25, 0.3) is 0 Å². The maximum atomic E-state index is 8.00. The quantitative estimate of drug-likeness (QED) is 0.629. The second-order valence-electron chi connectivity index (χ2n) is 1.39. The van der Waals surface area contributed by atoms with Crippen molar-refractivity contribution in [3.63, 3.8) is 0 Å². The standard InChI is InChI=1S/C6H14S2.3CH2O.Re/c1-3-7-5-6-8-4-2;3*1-2;/h3-6H2,1-2H3;3*1H2;. The number of thioether (sulfide) groups is 2. The Morgan fingerprint density at radius 3 is 1.07 bits per heavy atom. The molecule has 0 fully saturated rings. The largest absolute Gasteiger partial charge is 0.307 e. The molecule has 6 heteroatoms. The Balaban J connectivity index is -0.0000000410. The van der Waals surface area contributed by atoms with Gasteiger partial charge < -0.3 is 14.4 Å². The van der Waals surface area contributed by atoms with Crippen molar-refractivity contribution in [1.82, 2.24) is 0 Å². The van der Waals surface area contributed by atoms with Crippen molar-refractivity contribution < 1.29 is 34.8 Å². The third-order valence-corrected chi connectivity index (χ3v) is 2.84. The van der Waals surface area contributed by atoms with E-state index in [0.717, 1.165) is 0 Å². The summed E-state index contributed by atoms with van der Waals surface area (Å²) in [7, 11) is 0. The van der Waals surface area contributed by atoms with Crippen LogP contribution < -0.4 is 0 Å². The van der Waals surface area contributed by atoms with E-state index in [2.05, 4.69) is 13.8 Å². The van der Waals surface area contributed by atoms with Gasteiger partial charge in [0.15, 0.2) is 0 Å². The summed E-state index contributed by atoms with van der Waals surface area (Å²) in [6.07, 6.45) is 0. The maximum Gasteiger partial charge on any atom is 0.106 e. The minimum atomic E-state index is 0. The topological polar surface area (TPSA) is 51.2 Å². The van der Waals surface area contributed by atoms with Gasteiger partial charge >= 0.3 is 0 Å². The van der Waals surface area contributed by atoms with E-state index in [1.54, 1.807) is 0 Å². The molecule has 0 saturated heterocycles. The Labute approximate surface area is 115 Å². The first-order valence-corrected chi connectivity index (χ1v) is 6.24. The zero-order valence-corrected chi connectivity index (χ0v) is 13.7. The second kappa shape index (κ2) is 63.3. The molecule has 1 radical (unpaired) electrons. The van der Waals surface area contributed by atoms with Crippen molar-refractivity contribution in [2.24, 2.45) is 0 Å². The molecule has 0 aliphatic rings. The predicted molar refractivity (Wildman–Crippen MR) is 67.4 cm³/mol. The van der Waals surface area contributed by atoms with Crippen LogP contribution in [0.4, 0.5) is 0 Å². The van der Waals surface area contributed by atoms with E-state index in [9.17, 15) is 0 Å². The van der Waals surface area contributed by atoms with Gasteiger partial charge in [-0.1, -0.05) is 13.8 Å². The molecule has 0 spiro atoms. The van der Waals surface area contributed by atoms with E-state index in [1.807, 2.05) is 43.9 Å². The number of carbonyl (C=O) groups is 3. The number of carbonyl (C=O) groups excluding carboxylic acids is 3. The first kappa shape index (κ1) is 29.5. The molecule has 0 unspecified atom stereocenters. The van der Waals surface area contributed by atoms with Crippen molar-refractivity contribution in [3.05, 3.63) is 0 Å². The number of hydrogen-bond acceptors (Lipinski definition) is 5. The third kappa shape index (κ3) is 76.2. The van der Waals surface area contributed by atoms with Gasteiger partial charge in [0, 0.05) is 31.9 Å². The number of hydrogen-bond donors (Lipinski definition) is 0. The molecule has 15 heavy (non-hydrogen) atoms. The molecule has 0 amide bonds. The SMILES string of the molecule is C=O.C=O.C=O.CCSCCSCC.[Re]. The van der Waals surface area contributed by atoms with Gasteiger partial charge in [-0.3, -0.25) is 0 Å². The van der Waals surface area contributed by atoms with Crippen LogP contribution in [0.5, 0.6) is 0 Å². The molecule has 93 valence electrons. The van der Waals surface area contributed by atoms with Crippen LogP contribution in [0.1, 0.15) is 13.8 Å². The van der Waals surface area contributed by atoms with Crippen LogP contribution in [0.25, 0.3) is 0 Å². The maximum absolute atomic E-state index is 8.00. The molecule has 0 aliphatic heterocycles. The molecule has 3 nitrogen and oxygen atoms in total. The molecule has 0 heterocycles. The van der Waals surface area contributed by atoms with E-state index < -0.39 is 0 Å². The normalized spacial score (nSPS) is 6.00. The summed E-state index contributed by atoms with van der Waals surface area (Å²) in [5.74, 6) is 5.19. The molecule has 0 saturated carbocycles. The first-order chi connectivity index (χ1) is 6.91. The van der Waals surface area contributed by atoms with Crippen molar-refractivity contribution in [2.75, 3.05) is 23.0 Å². The Morgan fingerprint density at radius 1 is 0.733 bits per heavy atom. The van der Waals surface area contributed by atoms with Crippen LogP contribution in [0.2, 0.25) is 0 Å². The predicted octanol–water partition coefficient (Wildman–Crippen LogP) is 1.94. The summed E-state index contributed by atoms with van der Waals surface area (Å²) in [5, 5.41) is 0. The molecule has 0 bridgehead atoms. The van der Waals surface area contributed by atoms with Crippen LogP contribution in [0.15, 0.2) is 0 Å². The summed E-state index contributed by atoms with van der Waals surface area (Å²) >= 11 is 4.05. The Bertz CT molecular complexity index is 69.6. The molecule has 0 atom stereocenters. The van der Waals surface area contributed by atoms with Gasteiger partial charge in [-0.05, 0) is 11.5 Å². The number of rotatable bonds is 5. The van der Waals surface area contributed by atoms with E-state index in [-0.39, 0.29) is 20.4 Å². The van der Waals surface area contributed by atoms with E-state index >= 15 is 0 Å². The average molecular weight is 427 g/mol. The van der Waals surface area contributed by atoms with Gasteiger partial charge in [-0.25, -0.2) is 0 Å². The third-order valence-electron chi connectivity index (χ3n) is 0.780. The Kier molecular flexibility index (Phi) is 125. The molecule has 0 aromatic carbocycles. The minimum absolute atomic E-state index is 0. The van der Waals surface area contributed by atoms with Crippen LogP contribution in [-0.2, 0) is 34.8 Å². The van der Waals surface area contributed by atoms with Crippen molar-refractivity contribution >= 4 is 43.9 Å². The van der Waals surface area contributed by atoms with Crippen molar-refractivity contribution in [1.29, 1.82) is 0 Å². The molecule has 0 N–H and O–H groups in total. The summed E-state index contributed by atoms with van der Waals surface area (Å²) in [6.45, 7) is 10.4. The zero-order chi connectivity index (χ0) is 12.2. The molecular formula is C9H20O3ReS2. The average Bonchev–Trinajstić information content (AvgIpc) is 2.33. The van der Waals surface area contributed by atoms with Crippen LogP contribution in [0, 0.1) is 0 Å². The molecule has 0 aromatic heterocycles. The smallest absolute Gasteiger partial charge is 0.106 e. The van der Waals surface area contributed by atoms with Gasteiger partial charge in [0.1, 0.15) is 20.4 Å². The monoisotopic (exact) mass is 427 g/mol. The summed E-state index contributed by atoms with van der Waals surface area (Å²) in [6, 6.07) is 0. The minimum Gasteiger partial charge on any atom is -0.307 e. The fourth-order valence-electron chi connectivity index (χ4n) is 0.407. The summed E-state index contributed by atoms with van der Waals surface area (Å²) in [4.78, 5) is 24.0. The van der Waals surface area contributed by atoms with Crippen LogP contribution in [-0.4, -0.2) is 43.4 Å². The van der Waals surface area contributed by atoms with Gasteiger partial charge in [0.2, 0.25) is 0 Å². The molecule has 0 rings (SSSR count). The Hall–Kier alpha value is 0.372. The van der Waals surface area contributed by atoms with E-state index in [1.165, 1.54) is 23.0 Å². The first-order valence-electron chi connectivity index (χ1n) is 3.93. The van der Waals surface area contributed by atoms with E-state index in [4.69, 9.17) is 14.4 Å². The van der Waals surface area contributed by atoms with Crippen molar-refractivity contribution in [2.45, 2.75) is 13.8 Å². The van der Waals surface area contributed by atoms with Crippen LogP contribution >= 0.6 is 23.5 Å². The molecule has 0 aliphatic carbocycles. The van der Waals surface area contributed by atoms with Gasteiger partial charge in [-0.15, -0.1) is 0 Å². The van der Waals surface area contributed by atoms with Crippen LogP contribution in [0.3, 0.4) is 0 Å². The van der Waals surface area contributed by atoms with Gasteiger partial charge in [0.05, 0.1) is 0 Å². The fraction of sp³-hybridized carbons (Fsp3) is 0.667. The van der Waals surface area contributed by atoms with Gasteiger partial charge in [-0.2, -0.15) is 23.5 Å². The summed E-state index contributed by atoms with van der Waals surface area (Å²) in [5.41, 5.74) is 0. The second-order valence-corrected chi connectivity index (χ2v) is 4.18. The van der Waals surface area contributed by atoms with Crippen molar-refractivity contribution in [3.8, 4) is 0 Å². The fourth-order valence-corrected chi connectivity index (χ4v) is 1.93. The van der Waals surface area contributed by atoms with E-state index in [0.29, 0.717) is 0 Å².